The second-order valence-corrected chi connectivity index (χ2v) is 8.28. The average Bonchev–Trinajstić information content (AvgIpc) is 3.67. The Bertz CT molecular complexity index is 930. The monoisotopic (exact) mass is 526 g/mol. The van der Waals surface area contributed by atoms with Gasteiger partial charge in [-0.1, -0.05) is 13.8 Å². The molecule has 0 spiro atoms. The molecule has 0 amide bonds. The summed E-state index contributed by atoms with van der Waals surface area (Å²) in [5, 5.41) is 27.4. The quantitative estimate of drug-likeness (QED) is 0.216. The average molecular weight is 527 g/mol. The van der Waals surface area contributed by atoms with E-state index in [9.17, 15) is 0 Å². The number of benzene rings is 1. The first-order valence-corrected chi connectivity index (χ1v) is 12.6. The van der Waals surface area contributed by atoms with E-state index in [1.54, 1.807) is 0 Å². The standard InChI is InChI=1S/C20H24N6OS2.C2H6.C2H4.2H2O.2H2/c1-29-20(7-8-20)16-13-17(22-11-12-27)26-18(25-16)14-3-5-15(6-4-14)24-19(28)23-10-2-9-21;2*1-2;;;;/h3-6,13,27H,2,7-8,10-12H2,1H3,(H,22,25,26)(H2,23,24,28);1-2H3;1-2H2;2*1H2;2*1H. The number of aromatic nitrogens is 2. The van der Waals surface area contributed by atoms with Gasteiger partial charge in [0.05, 0.1) is 29.5 Å². The lowest BCUT2D eigenvalue weighted by Crippen LogP contribution is -2.28. The zero-order chi connectivity index (χ0) is 24.7. The van der Waals surface area contributed by atoms with Gasteiger partial charge in [-0.3, -0.25) is 0 Å². The minimum Gasteiger partial charge on any atom is -0.412 e. The summed E-state index contributed by atoms with van der Waals surface area (Å²) in [5.74, 6) is 1.38. The molecule has 0 aliphatic heterocycles. The Labute approximate surface area is 221 Å². The van der Waals surface area contributed by atoms with E-state index in [0.717, 1.165) is 35.6 Å². The zero-order valence-electron chi connectivity index (χ0n) is 20.6. The minimum absolute atomic E-state index is 0. The van der Waals surface area contributed by atoms with Gasteiger partial charge in [-0.05, 0) is 55.6 Å². The molecule has 11 heteroatoms. The summed E-state index contributed by atoms with van der Waals surface area (Å²) in [6.07, 6.45) is 4.74. The fourth-order valence-corrected chi connectivity index (χ4v) is 3.92. The Balaban J connectivity index is -0.000000649. The highest BCUT2D eigenvalue weighted by atomic mass is 32.2. The first kappa shape index (κ1) is 34.4. The molecule has 0 saturated heterocycles. The van der Waals surface area contributed by atoms with Crippen LogP contribution in [0.4, 0.5) is 11.5 Å². The second kappa shape index (κ2) is 18.6. The van der Waals surface area contributed by atoms with Crippen molar-refractivity contribution in [2.45, 2.75) is 37.9 Å². The first-order chi connectivity index (χ1) is 16.1. The summed E-state index contributed by atoms with van der Waals surface area (Å²) >= 11 is 7.05. The van der Waals surface area contributed by atoms with E-state index in [2.05, 4.69) is 46.4 Å². The molecule has 9 nitrogen and oxygen atoms in total. The summed E-state index contributed by atoms with van der Waals surface area (Å²) in [6.45, 7) is 11.0. The van der Waals surface area contributed by atoms with E-state index in [4.69, 9.17) is 27.6 Å². The fraction of sp³-hybridized carbons (Fsp3) is 0.417. The second-order valence-electron chi connectivity index (χ2n) is 6.68. The SMILES string of the molecule is C=C.CC.CSC1(c2cc(NCCO)nc(-c3ccc(NC(=S)NCCC#N)cc3)n2)CC1.O.O.[HH].[HH]. The van der Waals surface area contributed by atoms with E-state index >= 15 is 0 Å². The van der Waals surface area contributed by atoms with Crippen LogP contribution in [0.3, 0.4) is 0 Å². The van der Waals surface area contributed by atoms with Crippen LogP contribution in [0.15, 0.2) is 43.5 Å². The van der Waals surface area contributed by atoms with Crippen LogP contribution in [0.25, 0.3) is 11.4 Å². The molecule has 0 bridgehead atoms. The number of hydrogen-bond donors (Lipinski definition) is 4. The number of nitriles is 1. The zero-order valence-corrected chi connectivity index (χ0v) is 22.3. The number of thiocarbonyl (C=S) groups is 1. The molecule has 0 atom stereocenters. The van der Waals surface area contributed by atoms with Crippen LogP contribution in [-0.4, -0.2) is 57.1 Å². The van der Waals surface area contributed by atoms with Gasteiger partial charge in [0.15, 0.2) is 10.9 Å². The highest BCUT2D eigenvalue weighted by Gasteiger charge is 2.45. The Hall–Kier alpha value is -2.75. The van der Waals surface area contributed by atoms with Crippen molar-refractivity contribution >= 4 is 40.6 Å². The number of thioether (sulfide) groups is 1. The molecular formula is C24H42N6O3S2. The molecule has 2 aromatic rings. The van der Waals surface area contributed by atoms with Crippen molar-refractivity contribution in [3.8, 4) is 17.5 Å². The summed E-state index contributed by atoms with van der Waals surface area (Å²) < 4.78 is 0.0795. The third kappa shape index (κ3) is 10.6. The molecule has 0 radical (unpaired) electrons. The molecule has 1 heterocycles. The van der Waals surface area contributed by atoms with Crippen molar-refractivity contribution < 1.29 is 18.9 Å². The minimum atomic E-state index is 0. The van der Waals surface area contributed by atoms with Crippen LogP contribution in [-0.2, 0) is 4.75 Å². The van der Waals surface area contributed by atoms with Crippen molar-refractivity contribution in [1.82, 2.24) is 15.3 Å². The number of nitrogens with zero attached hydrogens (tertiary/aromatic N) is 3. The van der Waals surface area contributed by atoms with Gasteiger partial charge >= 0.3 is 0 Å². The van der Waals surface area contributed by atoms with Gasteiger partial charge in [0, 0.05) is 33.3 Å². The molecule has 0 unspecified atom stereocenters. The largest absolute Gasteiger partial charge is 0.412 e. The molecule has 1 aliphatic rings. The highest BCUT2D eigenvalue weighted by Crippen LogP contribution is 2.55. The van der Waals surface area contributed by atoms with Gasteiger partial charge < -0.3 is 32.0 Å². The van der Waals surface area contributed by atoms with Crippen LogP contribution >= 0.6 is 24.0 Å². The summed E-state index contributed by atoms with van der Waals surface area (Å²) in [6, 6.07) is 11.8. The lowest BCUT2D eigenvalue weighted by molar-refractivity contribution is 0.311. The third-order valence-corrected chi connectivity index (χ3v) is 6.27. The van der Waals surface area contributed by atoms with Crippen molar-refractivity contribution in [2.24, 2.45) is 0 Å². The number of aliphatic hydroxyl groups is 1. The topological polar surface area (TPSA) is 169 Å². The lowest BCUT2D eigenvalue weighted by atomic mass is 10.1. The van der Waals surface area contributed by atoms with Crippen LogP contribution in [0.1, 0.15) is 41.7 Å². The van der Waals surface area contributed by atoms with Gasteiger partial charge in [0.2, 0.25) is 0 Å². The molecule has 1 aromatic carbocycles. The van der Waals surface area contributed by atoms with Crippen LogP contribution in [0.5, 0.6) is 0 Å². The van der Waals surface area contributed by atoms with Gasteiger partial charge in [-0.25, -0.2) is 9.97 Å². The van der Waals surface area contributed by atoms with Gasteiger partial charge in [-0.2, -0.15) is 17.0 Å². The van der Waals surface area contributed by atoms with Gasteiger partial charge in [-0.15, -0.1) is 13.2 Å². The number of anilines is 2. The fourth-order valence-electron chi connectivity index (χ4n) is 2.87. The van der Waals surface area contributed by atoms with E-state index in [1.807, 2.05) is 55.9 Å². The van der Waals surface area contributed by atoms with Crippen LogP contribution in [0, 0.1) is 11.3 Å². The maximum atomic E-state index is 9.12. The predicted octanol–water partition coefficient (Wildman–Crippen LogP) is 3.77. The molecule has 1 aliphatic carbocycles. The molecule has 35 heavy (non-hydrogen) atoms. The van der Waals surface area contributed by atoms with Gasteiger partial charge in [0.25, 0.3) is 0 Å². The number of rotatable bonds is 9. The molecular weight excluding hydrogens is 484 g/mol. The summed E-state index contributed by atoms with van der Waals surface area (Å²) in [7, 11) is 0. The highest BCUT2D eigenvalue weighted by molar-refractivity contribution is 7.99. The van der Waals surface area contributed by atoms with Crippen molar-refractivity contribution in [3.05, 3.63) is 49.2 Å². The smallest absolute Gasteiger partial charge is 0.170 e. The maximum absolute atomic E-state index is 9.12. The van der Waals surface area contributed by atoms with E-state index in [0.29, 0.717) is 30.4 Å². The number of nitrogens with one attached hydrogen (secondary N) is 3. The lowest BCUT2D eigenvalue weighted by Gasteiger charge is -2.15. The van der Waals surface area contributed by atoms with Crippen LogP contribution < -0.4 is 16.0 Å². The van der Waals surface area contributed by atoms with E-state index in [-0.39, 0.29) is 25.2 Å². The van der Waals surface area contributed by atoms with E-state index in [1.165, 1.54) is 0 Å². The Morgan fingerprint density at radius 3 is 2.34 bits per heavy atom. The number of hydrogen-bond acceptors (Lipinski definition) is 7. The van der Waals surface area contributed by atoms with Gasteiger partial charge in [0.1, 0.15) is 5.82 Å². The first-order valence-electron chi connectivity index (χ1n) is 10.9. The van der Waals surface area contributed by atoms with Crippen molar-refractivity contribution in [1.29, 1.82) is 5.26 Å². The molecule has 198 valence electrons. The Kier molecular flexibility index (Phi) is 18.3. The molecule has 8 N–H and O–H groups in total. The molecule has 1 fully saturated rings. The summed E-state index contributed by atoms with van der Waals surface area (Å²) in [4.78, 5) is 9.46. The molecule has 3 rings (SSSR count). The molecule has 1 aromatic heterocycles. The van der Waals surface area contributed by atoms with Crippen LogP contribution in [0.2, 0.25) is 0 Å². The Morgan fingerprint density at radius 2 is 1.83 bits per heavy atom. The summed E-state index contributed by atoms with van der Waals surface area (Å²) in [5.41, 5.74) is 2.78. The van der Waals surface area contributed by atoms with E-state index < -0.39 is 0 Å². The predicted molar refractivity (Wildman–Crippen MR) is 156 cm³/mol. The number of aliphatic hydroxyl groups excluding tert-OH is 1. The third-order valence-electron chi connectivity index (χ3n) is 4.63. The van der Waals surface area contributed by atoms with Crippen molar-refractivity contribution in [3.63, 3.8) is 0 Å². The maximum Gasteiger partial charge on any atom is 0.170 e. The normalized spacial score (nSPS) is 11.9. The Morgan fingerprint density at radius 1 is 1.20 bits per heavy atom. The van der Waals surface area contributed by atoms with Crippen molar-refractivity contribution in [2.75, 3.05) is 36.6 Å². The molecule has 1 saturated carbocycles.